The molecule has 0 radical (unpaired) electrons. The largest absolute Gasteiger partial charge is 0.399 e. The predicted octanol–water partition coefficient (Wildman–Crippen LogP) is 2.50. The van der Waals surface area contributed by atoms with Crippen molar-refractivity contribution >= 4 is 34.9 Å². The van der Waals surface area contributed by atoms with E-state index in [1.54, 1.807) is 44.4 Å². The summed E-state index contributed by atoms with van der Waals surface area (Å²) in [6, 6.07) is 6.86. The van der Waals surface area contributed by atoms with Gasteiger partial charge in [-0.2, -0.15) is 0 Å². The van der Waals surface area contributed by atoms with E-state index < -0.39 is 17.2 Å². The Morgan fingerprint density at radius 3 is 2.66 bits per heavy atom. The smallest absolute Gasteiger partial charge is 0.293 e. The number of benzene rings is 1. The Morgan fingerprint density at radius 2 is 2.00 bits per heavy atom. The third-order valence-corrected chi connectivity index (χ3v) is 6.33. The molecule has 0 unspecified atom stereocenters. The molecule has 2 amide bonds. The Bertz CT molecular complexity index is 1150. The molecule has 1 aliphatic heterocycles. The van der Waals surface area contributed by atoms with Crippen molar-refractivity contribution in [1.82, 2.24) is 15.2 Å². The van der Waals surface area contributed by atoms with Crippen LogP contribution in [0, 0.1) is 6.92 Å². The Morgan fingerprint density at radius 1 is 1.25 bits per heavy atom. The molecule has 4 rings (SSSR count). The van der Waals surface area contributed by atoms with E-state index in [4.69, 9.17) is 17.3 Å². The molecule has 8 nitrogen and oxygen atoms in total. The zero-order chi connectivity index (χ0) is 23.0. The minimum Gasteiger partial charge on any atom is -0.399 e. The van der Waals surface area contributed by atoms with E-state index in [0.717, 1.165) is 12.1 Å². The number of halogens is 1. The van der Waals surface area contributed by atoms with Gasteiger partial charge in [0.1, 0.15) is 5.69 Å². The van der Waals surface area contributed by atoms with Gasteiger partial charge in [0.15, 0.2) is 0 Å². The fraction of sp³-hybridized carbons (Fsp3) is 0.348. The molecular formula is C23H26ClN5O3. The van der Waals surface area contributed by atoms with E-state index in [1.165, 1.54) is 0 Å². The number of nitrogens with two attached hydrogens (primary N) is 1. The highest BCUT2D eigenvalue weighted by atomic mass is 35.5. The zero-order valence-corrected chi connectivity index (χ0v) is 18.8. The van der Waals surface area contributed by atoms with Gasteiger partial charge in [0, 0.05) is 36.2 Å². The first-order valence-corrected chi connectivity index (χ1v) is 10.9. The van der Waals surface area contributed by atoms with Crippen molar-refractivity contribution in [3.8, 4) is 0 Å². The first kappa shape index (κ1) is 22.0. The Labute approximate surface area is 191 Å². The summed E-state index contributed by atoms with van der Waals surface area (Å²) >= 11 is 6.02. The number of nitrogens with zero attached hydrogens (tertiary/aromatic N) is 1. The van der Waals surface area contributed by atoms with Gasteiger partial charge >= 0.3 is 0 Å². The summed E-state index contributed by atoms with van der Waals surface area (Å²) in [6.45, 7) is 2.33. The maximum absolute atomic E-state index is 13.2. The molecule has 9 heteroatoms. The van der Waals surface area contributed by atoms with Gasteiger partial charge < -0.3 is 26.3 Å². The highest BCUT2D eigenvalue weighted by molar-refractivity contribution is 6.44. The van der Waals surface area contributed by atoms with Crippen LogP contribution in [0.3, 0.4) is 0 Å². The van der Waals surface area contributed by atoms with Crippen molar-refractivity contribution in [3.05, 3.63) is 63.7 Å². The topological polar surface area (TPSA) is 118 Å². The lowest BCUT2D eigenvalue weighted by atomic mass is 10.0. The molecule has 0 saturated heterocycles. The average Bonchev–Trinajstić information content (AvgIpc) is 3.28. The molecule has 2 aromatic rings. The average molecular weight is 456 g/mol. The number of fused-ring (bicyclic) bond motifs is 1. The molecule has 32 heavy (non-hydrogen) atoms. The number of carbonyl (C=O) groups excluding carboxylic acids is 3. The van der Waals surface area contributed by atoms with Gasteiger partial charge in [0.25, 0.3) is 17.6 Å². The van der Waals surface area contributed by atoms with Gasteiger partial charge in [-0.05, 0) is 56.4 Å². The first-order valence-electron chi connectivity index (χ1n) is 10.6. The number of anilines is 1. The molecule has 2 heterocycles. The highest BCUT2D eigenvalue weighted by Gasteiger charge is 2.48. The monoisotopic (exact) mass is 455 g/mol. The van der Waals surface area contributed by atoms with Crippen LogP contribution in [0.1, 0.15) is 51.4 Å². The molecule has 1 aromatic carbocycles. The SMILES string of the molecule is CN/C=C(\N)C1(NC(=O)C(=O)c2c(C)c(C(=O)Nc3cccc(Cl)c3)n3c2CCC3)CC1. The van der Waals surface area contributed by atoms with E-state index in [0.29, 0.717) is 59.0 Å². The summed E-state index contributed by atoms with van der Waals surface area (Å²) in [5.41, 5.74) is 8.36. The van der Waals surface area contributed by atoms with E-state index in [2.05, 4.69) is 16.0 Å². The molecule has 0 spiro atoms. The second-order valence-electron chi connectivity index (χ2n) is 8.27. The molecule has 1 fully saturated rings. The minimum absolute atomic E-state index is 0.309. The van der Waals surface area contributed by atoms with Crippen LogP contribution in [-0.4, -0.2) is 34.8 Å². The quantitative estimate of drug-likeness (QED) is 0.378. The predicted molar refractivity (Wildman–Crippen MR) is 123 cm³/mol. The van der Waals surface area contributed by atoms with Crippen molar-refractivity contribution in [2.24, 2.45) is 5.73 Å². The molecule has 1 saturated carbocycles. The maximum Gasteiger partial charge on any atom is 0.293 e. The van der Waals surface area contributed by atoms with E-state index in [1.807, 2.05) is 4.57 Å². The van der Waals surface area contributed by atoms with Gasteiger partial charge in [-0.1, -0.05) is 17.7 Å². The second-order valence-corrected chi connectivity index (χ2v) is 8.71. The van der Waals surface area contributed by atoms with Crippen LogP contribution in [0.5, 0.6) is 0 Å². The van der Waals surface area contributed by atoms with Crippen LogP contribution in [0.15, 0.2) is 36.2 Å². The van der Waals surface area contributed by atoms with Gasteiger partial charge in [-0.3, -0.25) is 14.4 Å². The van der Waals surface area contributed by atoms with Gasteiger partial charge in [-0.25, -0.2) is 0 Å². The van der Waals surface area contributed by atoms with Crippen molar-refractivity contribution in [2.45, 2.75) is 44.7 Å². The summed E-state index contributed by atoms with van der Waals surface area (Å²) in [4.78, 5) is 39.2. The van der Waals surface area contributed by atoms with Crippen molar-refractivity contribution in [1.29, 1.82) is 0 Å². The van der Waals surface area contributed by atoms with Crippen LogP contribution >= 0.6 is 11.6 Å². The summed E-state index contributed by atoms with van der Waals surface area (Å²) in [5.74, 6) is -1.69. The lowest BCUT2D eigenvalue weighted by molar-refractivity contribution is -0.117. The van der Waals surface area contributed by atoms with Crippen molar-refractivity contribution in [2.75, 3.05) is 12.4 Å². The van der Waals surface area contributed by atoms with Gasteiger partial charge in [0.05, 0.1) is 16.8 Å². The second kappa shape index (κ2) is 8.35. The highest BCUT2D eigenvalue weighted by Crippen LogP contribution is 2.40. The van der Waals surface area contributed by atoms with Crippen LogP contribution in [-0.2, 0) is 17.8 Å². The molecule has 2 aliphatic rings. The molecular weight excluding hydrogens is 430 g/mol. The van der Waals surface area contributed by atoms with Crippen LogP contribution < -0.4 is 21.7 Å². The summed E-state index contributed by atoms with van der Waals surface area (Å²) < 4.78 is 1.85. The maximum atomic E-state index is 13.2. The molecule has 5 N–H and O–H groups in total. The molecule has 168 valence electrons. The summed E-state index contributed by atoms with van der Waals surface area (Å²) in [5, 5.41) is 9.01. The van der Waals surface area contributed by atoms with E-state index in [-0.39, 0.29) is 5.91 Å². The molecule has 0 bridgehead atoms. The number of rotatable bonds is 7. The molecule has 1 aromatic heterocycles. The number of Topliss-reactive ketones (excluding diaryl/α,β-unsaturated/α-hetero) is 1. The number of nitrogens with one attached hydrogen (secondary N) is 3. The molecule has 1 aliphatic carbocycles. The Balaban J connectivity index is 1.61. The third kappa shape index (κ3) is 3.86. The van der Waals surface area contributed by atoms with Crippen LogP contribution in [0.4, 0.5) is 5.69 Å². The summed E-state index contributed by atoms with van der Waals surface area (Å²) in [6.07, 6.45) is 4.41. The standard InChI is InChI=1S/C23H26ClN5O3/c1-13-18(20(30)22(32)28-23(8-9-23)17(25)12-26-2)16-7-4-10-29(16)19(13)21(31)27-15-6-3-5-14(24)11-15/h3,5-6,11-12,26H,4,7-10,25H2,1-2H3,(H,27,31)(H,28,32)/b17-12-. The lowest BCUT2D eigenvalue weighted by Crippen LogP contribution is -2.44. The Kier molecular flexibility index (Phi) is 5.73. The van der Waals surface area contributed by atoms with Gasteiger partial charge in [0.2, 0.25) is 0 Å². The summed E-state index contributed by atoms with van der Waals surface area (Å²) in [7, 11) is 1.72. The van der Waals surface area contributed by atoms with Crippen LogP contribution in [0.25, 0.3) is 0 Å². The third-order valence-electron chi connectivity index (χ3n) is 6.10. The number of carbonyl (C=O) groups is 3. The fourth-order valence-electron chi connectivity index (χ4n) is 4.36. The Hall–Kier alpha value is -3.26. The zero-order valence-electron chi connectivity index (χ0n) is 18.0. The van der Waals surface area contributed by atoms with Gasteiger partial charge in [-0.15, -0.1) is 0 Å². The number of hydrogen-bond acceptors (Lipinski definition) is 5. The first-order chi connectivity index (χ1) is 15.3. The van der Waals surface area contributed by atoms with E-state index in [9.17, 15) is 14.4 Å². The van der Waals surface area contributed by atoms with Crippen LogP contribution in [0.2, 0.25) is 5.02 Å². The van der Waals surface area contributed by atoms with E-state index >= 15 is 0 Å². The van der Waals surface area contributed by atoms with Crippen molar-refractivity contribution < 1.29 is 14.4 Å². The number of aromatic nitrogens is 1. The number of amides is 2. The number of ketones is 1. The normalized spacial score (nSPS) is 16.3. The minimum atomic E-state index is -0.708. The fourth-order valence-corrected chi connectivity index (χ4v) is 4.55. The number of hydrogen-bond donors (Lipinski definition) is 4. The lowest BCUT2D eigenvalue weighted by Gasteiger charge is -2.17. The van der Waals surface area contributed by atoms with Crippen molar-refractivity contribution in [3.63, 3.8) is 0 Å². The molecule has 0 atom stereocenters.